The van der Waals surface area contributed by atoms with Gasteiger partial charge >= 0.3 is 5.97 Å². The van der Waals surface area contributed by atoms with Crippen LogP contribution in [0.2, 0.25) is 0 Å². The first kappa shape index (κ1) is 26.3. The van der Waals surface area contributed by atoms with Crippen LogP contribution in [0.3, 0.4) is 0 Å². The molecule has 0 bridgehead atoms. The number of hydrogen-bond acceptors (Lipinski definition) is 5. The molecule has 0 heterocycles. The fraction of sp³-hybridized carbons (Fsp3) is 0.417. The van der Waals surface area contributed by atoms with Crippen LogP contribution in [0.15, 0.2) is 48.5 Å². The van der Waals surface area contributed by atoms with Gasteiger partial charge in [0.1, 0.15) is 12.4 Å². The zero-order valence-electron chi connectivity index (χ0n) is 19.5. The summed E-state index contributed by atoms with van der Waals surface area (Å²) in [5.74, 6) is -2.24. The van der Waals surface area contributed by atoms with Crippen molar-refractivity contribution in [2.24, 2.45) is 5.41 Å². The van der Waals surface area contributed by atoms with E-state index in [-0.39, 0.29) is 24.2 Å². The molecule has 2 unspecified atom stereocenters. The molecule has 0 fully saturated rings. The molecule has 2 rings (SSSR count). The Morgan fingerprint density at radius 3 is 2.27 bits per heavy atom. The highest BCUT2D eigenvalue weighted by Gasteiger charge is 2.26. The van der Waals surface area contributed by atoms with Gasteiger partial charge in [-0.15, -0.1) is 0 Å². The highest BCUT2D eigenvalue weighted by atomic mass is 32.2. The maximum Gasteiger partial charge on any atom is 0.311 e. The Hall–Kier alpha value is -2.94. The highest BCUT2D eigenvalue weighted by Crippen LogP contribution is 2.23. The molecular formula is C24H31FN2O5S. The van der Waals surface area contributed by atoms with Crippen LogP contribution in [0.25, 0.3) is 0 Å². The third-order valence-corrected chi connectivity index (χ3v) is 5.47. The number of carbonyl (C=O) groups is 2. The summed E-state index contributed by atoms with van der Waals surface area (Å²) < 4.78 is 44.6. The number of sulfonamides is 1. The predicted molar refractivity (Wildman–Crippen MR) is 126 cm³/mol. The third kappa shape index (κ3) is 8.49. The van der Waals surface area contributed by atoms with Crippen LogP contribution in [0.4, 0.5) is 10.1 Å². The molecule has 0 aromatic heterocycles. The number of hydrogen-bond donors (Lipinski definition) is 2. The maximum absolute atomic E-state index is 14.4. The van der Waals surface area contributed by atoms with Crippen molar-refractivity contribution < 1.29 is 27.1 Å². The van der Waals surface area contributed by atoms with Crippen molar-refractivity contribution in [2.75, 3.05) is 17.6 Å². The molecule has 0 saturated carbocycles. The molecule has 33 heavy (non-hydrogen) atoms. The normalized spacial score (nSPS) is 13.6. The van der Waals surface area contributed by atoms with E-state index in [2.05, 4.69) is 10.0 Å². The van der Waals surface area contributed by atoms with Gasteiger partial charge in [0.05, 0.1) is 29.3 Å². The summed E-state index contributed by atoms with van der Waals surface area (Å²) in [4.78, 5) is 25.1. The highest BCUT2D eigenvalue weighted by molar-refractivity contribution is 7.92. The molecule has 2 atom stereocenters. The smallest absolute Gasteiger partial charge is 0.311 e. The second-order valence-electron chi connectivity index (χ2n) is 9.08. The number of benzene rings is 2. The van der Waals surface area contributed by atoms with E-state index in [4.69, 9.17) is 4.74 Å². The van der Waals surface area contributed by atoms with Gasteiger partial charge in [-0.05, 0) is 57.4 Å². The fourth-order valence-corrected chi connectivity index (χ4v) is 3.57. The van der Waals surface area contributed by atoms with E-state index in [9.17, 15) is 22.4 Å². The van der Waals surface area contributed by atoms with Crippen LogP contribution in [0.5, 0.6) is 0 Å². The van der Waals surface area contributed by atoms with Gasteiger partial charge in [0.25, 0.3) is 0 Å². The van der Waals surface area contributed by atoms with E-state index in [0.29, 0.717) is 12.0 Å². The number of nitrogens with one attached hydrogen (secondary N) is 2. The number of ether oxygens (including phenoxy) is 1. The summed E-state index contributed by atoms with van der Waals surface area (Å²) in [6.07, 6.45) is 1.37. The SMILES string of the molecule is CC(C(=O)NC(COC(=O)C(C)(C)C)Cc1ccccc1)c1ccc(NS(C)(=O)=O)c(F)c1. The van der Waals surface area contributed by atoms with Crippen molar-refractivity contribution >= 4 is 27.6 Å². The molecule has 0 spiro atoms. The Balaban J connectivity index is 2.14. The number of carbonyl (C=O) groups excluding carboxylic acids is 2. The number of halogens is 1. The molecule has 0 aliphatic heterocycles. The lowest BCUT2D eigenvalue weighted by Crippen LogP contribution is -2.43. The average Bonchev–Trinajstić information content (AvgIpc) is 2.71. The number of rotatable bonds is 9. The molecule has 9 heteroatoms. The van der Waals surface area contributed by atoms with Gasteiger partial charge in [0, 0.05) is 0 Å². The summed E-state index contributed by atoms with van der Waals surface area (Å²) in [5, 5.41) is 2.89. The lowest BCUT2D eigenvalue weighted by molar-refractivity contribution is -0.154. The van der Waals surface area contributed by atoms with E-state index in [1.165, 1.54) is 12.1 Å². The average molecular weight is 479 g/mol. The molecule has 0 radical (unpaired) electrons. The standard InChI is InChI=1S/C24H31FN2O5S/c1-16(18-11-12-21(20(25)14-18)27-33(5,30)31)22(28)26-19(13-17-9-7-6-8-10-17)15-32-23(29)24(2,3)4/h6-12,14,16,19,27H,13,15H2,1-5H3,(H,26,28). The Bertz CT molecular complexity index is 1080. The second kappa shape index (κ2) is 10.8. The first-order valence-electron chi connectivity index (χ1n) is 10.5. The zero-order chi connectivity index (χ0) is 24.8. The molecule has 2 aromatic carbocycles. The third-order valence-electron chi connectivity index (χ3n) is 4.88. The lowest BCUT2D eigenvalue weighted by atomic mass is 9.97. The summed E-state index contributed by atoms with van der Waals surface area (Å²) in [5.41, 5.74) is 0.483. The molecule has 0 aliphatic rings. The van der Waals surface area contributed by atoms with Crippen molar-refractivity contribution in [1.82, 2.24) is 5.32 Å². The molecule has 0 aliphatic carbocycles. The van der Waals surface area contributed by atoms with E-state index in [0.717, 1.165) is 17.9 Å². The van der Waals surface area contributed by atoms with Crippen molar-refractivity contribution in [2.45, 2.75) is 46.1 Å². The lowest BCUT2D eigenvalue weighted by Gasteiger charge is -2.24. The Kier molecular flexibility index (Phi) is 8.60. The van der Waals surface area contributed by atoms with Crippen molar-refractivity contribution in [3.05, 3.63) is 65.5 Å². The van der Waals surface area contributed by atoms with Crippen molar-refractivity contribution in [1.29, 1.82) is 0 Å². The fourth-order valence-electron chi connectivity index (χ4n) is 3.00. The Morgan fingerprint density at radius 1 is 1.09 bits per heavy atom. The van der Waals surface area contributed by atoms with Gasteiger partial charge < -0.3 is 10.1 Å². The number of esters is 1. The van der Waals surface area contributed by atoms with E-state index in [1.54, 1.807) is 27.7 Å². The summed E-state index contributed by atoms with van der Waals surface area (Å²) in [7, 11) is -3.63. The molecule has 2 aromatic rings. The van der Waals surface area contributed by atoms with Gasteiger partial charge in [0.2, 0.25) is 15.9 Å². The summed E-state index contributed by atoms with van der Waals surface area (Å²) in [6, 6.07) is 12.9. The minimum absolute atomic E-state index is 0.00492. The van der Waals surface area contributed by atoms with Crippen LogP contribution in [0, 0.1) is 11.2 Å². The first-order valence-corrected chi connectivity index (χ1v) is 12.4. The minimum Gasteiger partial charge on any atom is -0.463 e. The summed E-state index contributed by atoms with van der Waals surface area (Å²) in [6.45, 7) is 6.86. The van der Waals surface area contributed by atoms with Gasteiger partial charge in [-0.1, -0.05) is 36.4 Å². The Morgan fingerprint density at radius 2 is 1.73 bits per heavy atom. The molecular weight excluding hydrogens is 447 g/mol. The summed E-state index contributed by atoms with van der Waals surface area (Å²) >= 11 is 0. The second-order valence-corrected chi connectivity index (χ2v) is 10.8. The zero-order valence-corrected chi connectivity index (χ0v) is 20.3. The monoisotopic (exact) mass is 478 g/mol. The van der Waals surface area contributed by atoms with Gasteiger partial charge in [-0.3, -0.25) is 14.3 Å². The van der Waals surface area contributed by atoms with E-state index < -0.39 is 33.2 Å². The van der Waals surface area contributed by atoms with Gasteiger partial charge in [0.15, 0.2) is 0 Å². The minimum atomic E-state index is -3.63. The molecule has 0 saturated heterocycles. The predicted octanol–water partition coefficient (Wildman–Crippen LogP) is 3.62. The van der Waals surface area contributed by atoms with Crippen LogP contribution in [0.1, 0.15) is 44.7 Å². The number of amides is 1. The topological polar surface area (TPSA) is 102 Å². The van der Waals surface area contributed by atoms with Crippen molar-refractivity contribution in [3.8, 4) is 0 Å². The molecule has 1 amide bonds. The Labute approximate surface area is 194 Å². The van der Waals surface area contributed by atoms with Gasteiger partial charge in [-0.25, -0.2) is 12.8 Å². The first-order chi connectivity index (χ1) is 15.3. The van der Waals surface area contributed by atoms with Crippen molar-refractivity contribution in [3.63, 3.8) is 0 Å². The molecule has 7 nitrogen and oxygen atoms in total. The quantitative estimate of drug-likeness (QED) is 0.536. The number of anilines is 1. The molecule has 2 N–H and O–H groups in total. The van der Waals surface area contributed by atoms with E-state index in [1.807, 2.05) is 30.3 Å². The van der Waals surface area contributed by atoms with Crippen LogP contribution < -0.4 is 10.0 Å². The van der Waals surface area contributed by atoms with Gasteiger partial charge in [-0.2, -0.15) is 0 Å². The van der Waals surface area contributed by atoms with Crippen LogP contribution in [-0.4, -0.2) is 39.2 Å². The largest absolute Gasteiger partial charge is 0.463 e. The maximum atomic E-state index is 14.4. The molecule has 180 valence electrons. The van der Waals surface area contributed by atoms with Crippen LogP contribution >= 0.6 is 0 Å². The van der Waals surface area contributed by atoms with E-state index >= 15 is 0 Å². The van der Waals surface area contributed by atoms with Crippen LogP contribution in [-0.2, 0) is 30.8 Å².